The Bertz CT molecular complexity index is 566. The number of Topliss-reactive ketones (excluding diaryl/α,β-unsaturated/α-hetero) is 1. The van der Waals surface area contributed by atoms with E-state index in [0.29, 0.717) is 12.0 Å². The molecule has 0 saturated heterocycles. The average molecular weight is 320 g/mol. The van der Waals surface area contributed by atoms with Crippen LogP contribution in [0.5, 0.6) is 0 Å². The van der Waals surface area contributed by atoms with Gasteiger partial charge in [-0.1, -0.05) is 52.3 Å². The zero-order chi connectivity index (χ0) is 17.8. The molecule has 2 aliphatic carbocycles. The molecule has 0 fully saturated rings. The van der Waals surface area contributed by atoms with E-state index in [-0.39, 0.29) is 23.0 Å². The van der Waals surface area contributed by atoms with Crippen LogP contribution >= 0.6 is 0 Å². The van der Waals surface area contributed by atoms with E-state index < -0.39 is 17.1 Å². The second-order valence-corrected chi connectivity index (χ2v) is 9.11. The molecule has 0 aromatic carbocycles. The van der Waals surface area contributed by atoms with Gasteiger partial charge in [0.15, 0.2) is 5.78 Å². The van der Waals surface area contributed by atoms with Gasteiger partial charge in [-0.3, -0.25) is 4.79 Å². The Morgan fingerprint density at radius 2 is 1.83 bits per heavy atom. The van der Waals surface area contributed by atoms with E-state index in [9.17, 15) is 15.0 Å². The lowest BCUT2D eigenvalue weighted by Gasteiger charge is -2.47. The molecular weight excluding hydrogens is 288 g/mol. The molecule has 0 aliphatic heterocycles. The molecule has 0 bridgehead atoms. The minimum absolute atomic E-state index is 0.0360. The summed E-state index contributed by atoms with van der Waals surface area (Å²) in [7, 11) is 0. The molecule has 2 rings (SSSR count). The first-order valence-corrected chi connectivity index (χ1v) is 8.67. The van der Waals surface area contributed by atoms with Gasteiger partial charge in [0, 0.05) is 18.3 Å². The summed E-state index contributed by atoms with van der Waals surface area (Å²) < 4.78 is 0. The number of hydrogen-bond donors (Lipinski definition) is 2. The number of fused-ring (bicyclic) bond motifs is 1. The lowest BCUT2D eigenvalue weighted by atomic mass is 9.63. The number of hydrogen-bond acceptors (Lipinski definition) is 3. The third-order valence-corrected chi connectivity index (χ3v) is 5.70. The van der Waals surface area contributed by atoms with Gasteiger partial charge in [-0.15, -0.1) is 0 Å². The van der Waals surface area contributed by atoms with E-state index in [1.54, 1.807) is 6.92 Å². The Morgan fingerprint density at radius 3 is 2.35 bits per heavy atom. The lowest BCUT2D eigenvalue weighted by molar-refractivity contribution is -0.161. The van der Waals surface area contributed by atoms with E-state index in [0.717, 1.165) is 12.0 Å². The van der Waals surface area contributed by atoms with Crippen LogP contribution < -0.4 is 0 Å². The summed E-state index contributed by atoms with van der Waals surface area (Å²) in [5.74, 6) is -0.936. The van der Waals surface area contributed by atoms with Crippen molar-refractivity contribution in [3.05, 3.63) is 23.3 Å². The predicted octanol–water partition coefficient (Wildman–Crippen LogP) is 3.65. The first kappa shape index (κ1) is 18.4. The van der Waals surface area contributed by atoms with Crippen molar-refractivity contribution in [2.45, 2.75) is 72.5 Å². The standard InChI is InChI=1S/C20H32O3/c1-12-8-14(3)20(23,15(4)11-18(5,6)7)16-9-13(2)17(21)19(16,22)10-12/h8-9,14-16,22-23H,10-11H2,1-7H3/t14?,15-,16?,19?,20+/m1/s1. The number of carbonyl (C=O) groups is 1. The van der Waals surface area contributed by atoms with Crippen LogP contribution in [0, 0.1) is 23.2 Å². The van der Waals surface area contributed by atoms with Crippen LogP contribution in [0.25, 0.3) is 0 Å². The van der Waals surface area contributed by atoms with Gasteiger partial charge in [0.05, 0.1) is 5.60 Å². The van der Waals surface area contributed by atoms with Crippen molar-refractivity contribution >= 4 is 5.78 Å². The van der Waals surface area contributed by atoms with Crippen molar-refractivity contribution in [3.8, 4) is 0 Å². The Kier molecular flexibility index (Phi) is 4.45. The highest BCUT2D eigenvalue weighted by Gasteiger charge is 2.60. The van der Waals surface area contributed by atoms with Crippen LogP contribution in [0.1, 0.15) is 61.3 Å². The van der Waals surface area contributed by atoms with Gasteiger partial charge in [0.25, 0.3) is 0 Å². The summed E-state index contributed by atoms with van der Waals surface area (Å²) in [6, 6.07) is 0. The molecule has 23 heavy (non-hydrogen) atoms. The topological polar surface area (TPSA) is 57.5 Å². The molecule has 0 heterocycles. The second-order valence-electron chi connectivity index (χ2n) is 9.11. The molecular formula is C20H32O3. The van der Waals surface area contributed by atoms with E-state index in [4.69, 9.17) is 0 Å². The van der Waals surface area contributed by atoms with Gasteiger partial charge in [-0.25, -0.2) is 0 Å². The molecule has 0 amide bonds. The zero-order valence-corrected chi connectivity index (χ0v) is 15.6. The van der Waals surface area contributed by atoms with Crippen molar-refractivity contribution in [1.82, 2.24) is 0 Å². The molecule has 0 saturated carbocycles. The number of rotatable bonds is 2. The van der Waals surface area contributed by atoms with Crippen LogP contribution in [-0.2, 0) is 4.79 Å². The third kappa shape index (κ3) is 2.94. The largest absolute Gasteiger partial charge is 0.388 e. The zero-order valence-electron chi connectivity index (χ0n) is 15.6. The molecule has 5 atom stereocenters. The van der Waals surface area contributed by atoms with Crippen molar-refractivity contribution in [2.24, 2.45) is 23.2 Å². The fourth-order valence-electron chi connectivity index (χ4n) is 4.82. The maximum Gasteiger partial charge on any atom is 0.190 e. The van der Waals surface area contributed by atoms with Crippen molar-refractivity contribution in [2.75, 3.05) is 0 Å². The quantitative estimate of drug-likeness (QED) is 0.764. The smallest absolute Gasteiger partial charge is 0.190 e. The molecule has 3 unspecified atom stereocenters. The first-order chi connectivity index (χ1) is 10.3. The van der Waals surface area contributed by atoms with Crippen molar-refractivity contribution in [1.29, 1.82) is 0 Å². The average Bonchev–Trinajstić information content (AvgIpc) is 2.55. The normalized spacial score (nSPS) is 39.4. The molecule has 0 aromatic heterocycles. The fraction of sp³-hybridized carbons (Fsp3) is 0.750. The van der Waals surface area contributed by atoms with Crippen LogP contribution in [0.2, 0.25) is 0 Å². The van der Waals surface area contributed by atoms with Crippen molar-refractivity contribution in [3.63, 3.8) is 0 Å². The minimum atomic E-state index is -1.50. The molecule has 130 valence electrons. The maximum absolute atomic E-state index is 12.6. The Morgan fingerprint density at radius 1 is 1.26 bits per heavy atom. The van der Waals surface area contributed by atoms with Crippen molar-refractivity contribution < 1.29 is 15.0 Å². The molecule has 3 heteroatoms. The highest BCUT2D eigenvalue weighted by atomic mass is 16.3. The number of carbonyl (C=O) groups excluding carboxylic acids is 1. The van der Waals surface area contributed by atoms with E-state index in [2.05, 4.69) is 20.8 Å². The van der Waals surface area contributed by atoms with Crippen LogP contribution in [0.3, 0.4) is 0 Å². The SMILES string of the molecule is CC1=CC(C)[C@](O)([C@H](C)CC(C)(C)C)C2C=C(C)C(=O)C2(O)C1. The maximum atomic E-state index is 12.6. The Balaban J connectivity index is 2.56. The van der Waals surface area contributed by atoms with Gasteiger partial charge in [-0.05, 0) is 37.2 Å². The minimum Gasteiger partial charge on any atom is -0.388 e. The molecule has 0 aromatic rings. The summed E-state index contributed by atoms with van der Waals surface area (Å²) in [6.07, 6.45) is 4.98. The molecule has 0 radical (unpaired) electrons. The summed E-state index contributed by atoms with van der Waals surface area (Å²) in [5.41, 5.74) is -1.02. The molecule has 0 spiro atoms. The Labute approximate surface area is 140 Å². The van der Waals surface area contributed by atoms with E-state index in [1.165, 1.54) is 0 Å². The van der Waals surface area contributed by atoms with Crippen LogP contribution in [-0.4, -0.2) is 27.2 Å². The van der Waals surface area contributed by atoms with Gasteiger partial charge >= 0.3 is 0 Å². The van der Waals surface area contributed by atoms with Gasteiger partial charge in [0.1, 0.15) is 5.60 Å². The van der Waals surface area contributed by atoms with Crippen LogP contribution in [0.4, 0.5) is 0 Å². The van der Waals surface area contributed by atoms with E-state index in [1.807, 2.05) is 32.9 Å². The monoisotopic (exact) mass is 320 g/mol. The highest BCUT2D eigenvalue weighted by molar-refractivity contribution is 6.04. The number of aliphatic hydroxyl groups is 2. The molecule has 2 N–H and O–H groups in total. The van der Waals surface area contributed by atoms with E-state index >= 15 is 0 Å². The molecule has 2 aliphatic rings. The Hall–Kier alpha value is -0.930. The summed E-state index contributed by atoms with van der Waals surface area (Å²) in [5, 5.41) is 22.9. The summed E-state index contributed by atoms with van der Waals surface area (Å²) in [6.45, 7) is 14.2. The van der Waals surface area contributed by atoms with Gasteiger partial charge < -0.3 is 10.2 Å². The van der Waals surface area contributed by atoms with Crippen LogP contribution in [0.15, 0.2) is 23.3 Å². The van der Waals surface area contributed by atoms with Gasteiger partial charge in [0.2, 0.25) is 0 Å². The summed E-state index contributed by atoms with van der Waals surface area (Å²) >= 11 is 0. The fourth-order valence-corrected chi connectivity index (χ4v) is 4.82. The first-order valence-electron chi connectivity index (χ1n) is 8.67. The van der Waals surface area contributed by atoms with Gasteiger partial charge in [-0.2, -0.15) is 0 Å². The number of ketones is 1. The highest BCUT2D eigenvalue weighted by Crippen LogP contribution is 2.52. The third-order valence-electron chi connectivity index (χ3n) is 5.70. The molecule has 3 nitrogen and oxygen atoms in total. The second kappa shape index (κ2) is 5.56. The predicted molar refractivity (Wildman–Crippen MR) is 92.9 cm³/mol. The summed E-state index contributed by atoms with van der Waals surface area (Å²) in [4.78, 5) is 12.6. The lowest BCUT2D eigenvalue weighted by Crippen LogP contribution is -2.57.